The van der Waals surface area contributed by atoms with E-state index in [1.54, 1.807) is 67.5 Å². The van der Waals surface area contributed by atoms with E-state index < -0.39 is 6.10 Å². The predicted octanol–water partition coefficient (Wildman–Crippen LogP) is 2.57. The normalized spacial score (nSPS) is 14.9. The number of carbonyl (C=O) groups excluding carboxylic acids is 2. The summed E-state index contributed by atoms with van der Waals surface area (Å²) in [4.78, 5) is 26.8. The molecule has 2 aromatic rings. The fourth-order valence-corrected chi connectivity index (χ4v) is 2.83. The maximum absolute atomic E-state index is 12.6. The molecule has 1 saturated heterocycles. The van der Waals surface area contributed by atoms with E-state index in [0.717, 1.165) is 0 Å². The quantitative estimate of drug-likeness (QED) is 0.828. The summed E-state index contributed by atoms with van der Waals surface area (Å²) < 4.78 is 16.0. The molecule has 1 heterocycles. The van der Waals surface area contributed by atoms with Gasteiger partial charge in [0.1, 0.15) is 11.5 Å². The number of hydrogen-bond donors (Lipinski definition) is 1. The van der Waals surface area contributed by atoms with E-state index in [-0.39, 0.29) is 11.8 Å². The highest BCUT2D eigenvalue weighted by atomic mass is 16.5. The van der Waals surface area contributed by atoms with Crippen LogP contribution in [0.3, 0.4) is 0 Å². The third-order valence-electron chi connectivity index (χ3n) is 4.42. The summed E-state index contributed by atoms with van der Waals surface area (Å²) in [5.41, 5.74) is 1.08. The molecule has 1 aliphatic rings. The number of nitrogens with zero attached hydrogens (tertiary/aromatic N) is 1. The lowest BCUT2D eigenvalue weighted by molar-refractivity contribution is -0.122. The zero-order valence-electron chi connectivity index (χ0n) is 16.0. The van der Waals surface area contributed by atoms with Gasteiger partial charge in [0.25, 0.3) is 11.8 Å². The van der Waals surface area contributed by atoms with Crippen LogP contribution in [0.5, 0.6) is 11.5 Å². The molecular weight excluding hydrogens is 360 g/mol. The number of carbonyl (C=O) groups is 2. The lowest BCUT2D eigenvalue weighted by Crippen LogP contribution is -2.40. The maximum Gasteiger partial charge on any atom is 0.265 e. The zero-order chi connectivity index (χ0) is 19.9. The number of amides is 2. The number of hydrogen-bond acceptors (Lipinski definition) is 5. The first-order chi connectivity index (χ1) is 13.6. The average molecular weight is 384 g/mol. The second-order valence-electron chi connectivity index (χ2n) is 6.41. The number of methoxy groups -OCH3 is 1. The molecule has 7 nitrogen and oxygen atoms in total. The molecule has 1 atom stereocenters. The Bertz CT molecular complexity index is 816. The van der Waals surface area contributed by atoms with E-state index in [9.17, 15) is 9.59 Å². The van der Waals surface area contributed by atoms with Crippen LogP contribution >= 0.6 is 0 Å². The molecule has 0 unspecified atom stereocenters. The topological polar surface area (TPSA) is 77.1 Å². The first-order valence-corrected chi connectivity index (χ1v) is 9.15. The molecule has 0 bridgehead atoms. The minimum Gasteiger partial charge on any atom is -0.497 e. The van der Waals surface area contributed by atoms with Gasteiger partial charge in [0.05, 0.1) is 20.3 Å². The molecule has 0 saturated carbocycles. The first kappa shape index (κ1) is 19.7. The van der Waals surface area contributed by atoms with Crippen molar-refractivity contribution in [2.24, 2.45) is 0 Å². The van der Waals surface area contributed by atoms with E-state index in [1.807, 2.05) is 0 Å². The number of benzene rings is 2. The highest BCUT2D eigenvalue weighted by Crippen LogP contribution is 2.19. The Labute approximate surface area is 164 Å². The van der Waals surface area contributed by atoms with Crippen LogP contribution in [0.2, 0.25) is 0 Å². The summed E-state index contributed by atoms with van der Waals surface area (Å²) in [5, 5.41) is 2.80. The van der Waals surface area contributed by atoms with Crippen molar-refractivity contribution in [3.63, 3.8) is 0 Å². The highest BCUT2D eigenvalue weighted by Gasteiger charge is 2.20. The lowest BCUT2D eigenvalue weighted by Gasteiger charge is -2.27. The second kappa shape index (κ2) is 9.23. The monoisotopic (exact) mass is 384 g/mol. The predicted molar refractivity (Wildman–Crippen MR) is 105 cm³/mol. The number of morpholine rings is 1. The molecular formula is C21H24N2O5. The minimum atomic E-state index is -0.702. The SMILES string of the molecule is COc1ccc(O[C@@H](C)C(=O)Nc2cccc(C(=O)N3CCOCC3)c2)cc1. The standard InChI is InChI=1S/C21H24N2O5/c1-15(28-19-8-6-18(26-2)7-9-19)20(24)22-17-5-3-4-16(14-17)21(25)23-10-12-27-13-11-23/h3-9,14-15H,10-13H2,1-2H3,(H,22,24)/t15-/m0/s1. The number of nitrogens with one attached hydrogen (secondary N) is 1. The third kappa shape index (κ3) is 5.01. The van der Waals surface area contributed by atoms with Crippen molar-refractivity contribution in [2.45, 2.75) is 13.0 Å². The number of ether oxygens (including phenoxy) is 3. The summed E-state index contributed by atoms with van der Waals surface area (Å²) in [7, 11) is 1.59. The fraction of sp³-hybridized carbons (Fsp3) is 0.333. The Morgan fingerprint density at radius 3 is 2.43 bits per heavy atom. The summed E-state index contributed by atoms with van der Waals surface area (Å²) >= 11 is 0. The molecule has 7 heteroatoms. The first-order valence-electron chi connectivity index (χ1n) is 9.15. The molecule has 0 radical (unpaired) electrons. The maximum atomic E-state index is 12.6. The van der Waals surface area contributed by atoms with Gasteiger partial charge in [-0.1, -0.05) is 6.07 Å². The van der Waals surface area contributed by atoms with Crippen molar-refractivity contribution in [2.75, 3.05) is 38.7 Å². The van der Waals surface area contributed by atoms with Crippen molar-refractivity contribution in [1.29, 1.82) is 0 Å². The summed E-state index contributed by atoms with van der Waals surface area (Å²) in [6.45, 7) is 3.90. The van der Waals surface area contributed by atoms with Crippen LogP contribution in [0.15, 0.2) is 48.5 Å². The van der Waals surface area contributed by atoms with Crippen LogP contribution < -0.4 is 14.8 Å². The summed E-state index contributed by atoms with van der Waals surface area (Å²) in [5.74, 6) is 0.916. The van der Waals surface area contributed by atoms with Crippen LogP contribution in [0.4, 0.5) is 5.69 Å². The molecule has 2 aromatic carbocycles. The lowest BCUT2D eigenvalue weighted by atomic mass is 10.1. The van der Waals surface area contributed by atoms with Crippen molar-refractivity contribution in [1.82, 2.24) is 4.90 Å². The van der Waals surface area contributed by atoms with Crippen molar-refractivity contribution >= 4 is 17.5 Å². The van der Waals surface area contributed by atoms with Crippen molar-refractivity contribution in [3.05, 3.63) is 54.1 Å². The van der Waals surface area contributed by atoms with Gasteiger partial charge in [0, 0.05) is 24.3 Å². The summed E-state index contributed by atoms with van der Waals surface area (Å²) in [6.07, 6.45) is -0.702. The van der Waals surface area contributed by atoms with E-state index in [2.05, 4.69) is 5.32 Å². The zero-order valence-corrected chi connectivity index (χ0v) is 16.0. The summed E-state index contributed by atoms with van der Waals surface area (Å²) in [6, 6.07) is 13.9. The van der Waals surface area contributed by atoms with Gasteiger partial charge in [-0.05, 0) is 49.4 Å². The van der Waals surface area contributed by atoms with E-state index in [4.69, 9.17) is 14.2 Å². The van der Waals surface area contributed by atoms with E-state index in [1.165, 1.54) is 0 Å². The fourth-order valence-electron chi connectivity index (χ4n) is 2.83. The van der Waals surface area contributed by atoms with Gasteiger partial charge in [0.15, 0.2) is 6.10 Å². The van der Waals surface area contributed by atoms with E-state index >= 15 is 0 Å². The van der Waals surface area contributed by atoms with Gasteiger partial charge < -0.3 is 24.4 Å². The van der Waals surface area contributed by atoms with Crippen LogP contribution in [0.25, 0.3) is 0 Å². The van der Waals surface area contributed by atoms with Crippen molar-refractivity contribution < 1.29 is 23.8 Å². The average Bonchev–Trinajstić information content (AvgIpc) is 2.74. The Morgan fingerprint density at radius 2 is 1.75 bits per heavy atom. The number of anilines is 1. The Hall–Kier alpha value is -3.06. The minimum absolute atomic E-state index is 0.0677. The Balaban J connectivity index is 1.60. The molecule has 1 N–H and O–H groups in total. The molecule has 1 fully saturated rings. The van der Waals surface area contributed by atoms with Crippen LogP contribution in [0, 0.1) is 0 Å². The van der Waals surface area contributed by atoms with Gasteiger partial charge in [-0.15, -0.1) is 0 Å². The third-order valence-corrected chi connectivity index (χ3v) is 4.42. The highest BCUT2D eigenvalue weighted by molar-refractivity contribution is 5.98. The van der Waals surface area contributed by atoms with Crippen LogP contribution in [0.1, 0.15) is 17.3 Å². The molecule has 2 amide bonds. The molecule has 3 rings (SSSR count). The number of rotatable bonds is 6. The molecule has 0 spiro atoms. The van der Waals surface area contributed by atoms with E-state index in [0.29, 0.717) is 49.1 Å². The Kier molecular flexibility index (Phi) is 6.49. The van der Waals surface area contributed by atoms with Gasteiger partial charge in [-0.25, -0.2) is 0 Å². The molecule has 28 heavy (non-hydrogen) atoms. The van der Waals surface area contributed by atoms with Gasteiger partial charge in [-0.3, -0.25) is 9.59 Å². The molecule has 0 aromatic heterocycles. The Morgan fingerprint density at radius 1 is 1.07 bits per heavy atom. The smallest absolute Gasteiger partial charge is 0.265 e. The second-order valence-corrected chi connectivity index (χ2v) is 6.41. The molecule has 1 aliphatic heterocycles. The van der Waals surface area contributed by atoms with Gasteiger partial charge in [-0.2, -0.15) is 0 Å². The van der Waals surface area contributed by atoms with Crippen LogP contribution in [-0.2, 0) is 9.53 Å². The largest absolute Gasteiger partial charge is 0.497 e. The van der Waals surface area contributed by atoms with Crippen molar-refractivity contribution in [3.8, 4) is 11.5 Å². The van der Waals surface area contributed by atoms with Crippen LogP contribution in [-0.4, -0.2) is 56.2 Å². The molecule has 148 valence electrons. The van der Waals surface area contributed by atoms with Gasteiger partial charge >= 0.3 is 0 Å². The molecule has 0 aliphatic carbocycles. The van der Waals surface area contributed by atoms with Gasteiger partial charge in [0.2, 0.25) is 0 Å².